The predicted octanol–water partition coefficient (Wildman–Crippen LogP) is 2.05. The number of sulfonamides is 1. The van der Waals surface area contributed by atoms with E-state index in [1.54, 1.807) is 30.3 Å². The molecule has 3 atom stereocenters. The molecule has 3 saturated heterocycles. The van der Waals surface area contributed by atoms with Crippen LogP contribution in [0.4, 0.5) is 0 Å². The summed E-state index contributed by atoms with van der Waals surface area (Å²) < 4.78 is 27.5. The van der Waals surface area contributed by atoms with Crippen molar-refractivity contribution in [2.75, 3.05) is 6.54 Å². The molecule has 0 saturated carbocycles. The first-order chi connectivity index (χ1) is 12.5. The van der Waals surface area contributed by atoms with E-state index >= 15 is 0 Å². The molecule has 3 unspecified atom stereocenters. The quantitative estimate of drug-likeness (QED) is 0.791. The van der Waals surface area contributed by atoms with Crippen LogP contribution in [-0.4, -0.2) is 49.3 Å². The fourth-order valence-corrected chi connectivity index (χ4v) is 6.33. The smallest absolute Gasteiger partial charge is 0.243 e. The van der Waals surface area contributed by atoms with E-state index in [1.807, 2.05) is 0 Å². The Bertz CT molecular complexity index is 747. The highest BCUT2D eigenvalue weighted by Gasteiger charge is 2.40. The van der Waals surface area contributed by atoms with E-state index in [0.29, 0.717) is 25.0 Å². The van der Waals surface area contributed by atoms with Crippen molar-refractivity contribution in [1.29, 1.82) is 0 Å². The summed E-state index contributed by atoms with van der Waals surface area (Å²) >= 11 is 0. The maximum Gasteiger partial charge on any atom is 0.243 e. The van der Waals surface area contributed by atoms with Crippen LogP contribution in [0.5, 0.6) is 0 Å². The first-order valence-corrected chi connectivity index (χ1v) is 11.1. The molecular weight excluding hydrogens is 386 g/mol. The Morgan fingerprint density at radius 1 is 1.04 bits per heavy atom. The zero-order valence-electron chi connectivity index (χ0n) is 15.3. The lowest BCUT2D eigenvalue weighted by atomic mass is 9.98. The van der Waals surface area contributed by atoms with Gasteiger partial charge in [-0.1, -0.05) is 24.6 Å². The minimum absolute atomic E-state index is 0. The molecular formula is C19H28ClN3O3S. The Balaban J connectivity index is 0.00000210. The first kappa shape index (κ1) is 20.6. The molecule has 4 rings (SSSR count). The van der Waals surface area contributed by atoms with Crippen molar-refractivity contribution in [2.24, 2.45) is 0 Å². The van der Waals surface area contributed by atoms with E-state index in [-0.39, 0.29) is 29.3 Å². The number of piperidine rings is 2. The molecule has 6 nitrogen and oxygen atoms in total. The highest BCUT2D eigenvalue weighted by molar-refractivity contribution is 7.89. The van der Waals surface area contributed by atoms with Crippen LogP contribution in [0.25, 0.3) is 0 Å². The molecule has 3 aliphatic rings. The molecule has 2 N–H and O–H groups in total. The Hall–Kier alpha value is -1.15. The van der Waals surface area contributed by atoms with Gasteiger partial charge >= 0.3 is 0 Å². The van der Waals surface area contributed by atoms with Crippen molar-refractivity contribution in [3.8, 4) is 0 Å². The number of carbonyl (C=O) groups is 1. The molecule has 150 valence electrons. The number of fused-ring (bicyclic) bond motifs is 2. The standard InChI is InChI=1S/C19H27N3O3S.ClH/c23-19(21-16-12-14-9-10-15(13-16)20-14)18-8-4-5-11-22(18)26(24,25)17-6-2-1-3-7-17;/h1-3,6-7,14-16,18,20H,4-5,8-13H2,(H,21,23);1H. The van der Waals surface area contributed by atoms with Crippen molar-refractivity contribution in [1.82, 2.24) is 14.9 Å². The topological polar surface area (TPSA) is 78.5 Å². The summed E-state index contributed by atoms with van der Waals surface area (Å²) in [7, 11) is -3.65. The molecule has 3 fully saturated rings. The van der Waals surface area contributed by atoms with E-state index < -0.39 is 16.1 Å². The monoisotopic (exact) mass is 413 g/mol. The summed E-state index contributed by atoms with van der Waals surface area (Å²) in [5.41, 5.74) is 0. The molecule has 0 radical (unpaired) electrons. The Morgan fingerprint density at radius 2 is 1.70 bits per heavy atom. The lowest BCUT2D eigenvalue weighted by molar-refractivity contribution is -0.126. The van der Waals surface area contributed by atoms with Crippen molar-refractivity contribution in [2.45, 2.75) is 74.0 Å². The summed E-state index contributed by atoms with van der Waals surface area (Å²) in [6.07, 6.45) is 6.52. The number of halogens is 1. The molecule has 3 aliphatic heterocycles. The Labute approximate surface area is 167 Å². The normalized spacial score (nSPS) is 31.1. The van der Waals surface area contributed by atoms with Crippen molar-refractivity contribution in [3.63, 3.8) is 0 Å². The number of hydrogen-bond acceptors (Lipinski definition) is 4. The number of rotatable bonds is 4. The van der Waals surface area contributed by atoms with Crippen LogP contribution in [0.3, 0.4) is 0 Å². The molecule has 1 aromatic rings. The van der Waals surface area contributed by atoms with E-state index in [0.717, 1.165) is 25.7 Å². The second-order valence-electron chi connectivity index (χ2n) is 7.76. The summed E-state index contributed by atoms with van der Waals surface area (Å²) in [6.45, 7) is 0.410. The molecule has 1 amide bonds. The fourth-order valence-electron chi connectivity index (χ4n) is 4.66. The summed E-state index contributed by atoms with van der Waals surface area (Å²) in [6, 6.07) is 8.99. The van der Waals surface area contributed by atoms with Crippen LogP contribution in [0.1, 0.15) is 44.9 Å². The molecule has 2 bridgehead atoms. The van der Waals surface area contributed by atoms with Crippen molar-refractivity contribution in [3.05, 3.63) is 30.3 Å². The maximum atomic E-state index is 13.0. The third-order valence-electron chi connectivity index (χ3n) is 5.93. The zero-order chi connectivity index (χ0) is 18.1. The number of hydrogen-bond donors (Lipinski definition) is 2. The van der Waals surface area contributed by atoms with Crippen LogP contribution >= 0.6 is 12.4 Å². The van der Waals surface area contributed by atoms with Crippen LogP contribution in [0.2, 0.25) is 0 Å². The highest BCUT2D eigenvalue weighted by Crippen LogP contribution is 2.29. The van der Waals surface area contributed by atoms with Gasteiger partial charge in [-0.3, -0.25) is 4.79 Å². The minimum Gasteiger partial charge on any atom is -0.352 e. The number of carbonyl (C=O) groups excluding carboxylic acids is 1. The second kappa shape index (κ2) is 8.47. The number of amides is 1. The third kappa shape index (κ3) is 4.31. The van der Waals surface area contributed by atoms with E-state index in [2.05, 4.69) is 10.6 Å². The molecule has 0 spiro atoms. The molecule has 0 aliphatic carbocycles. The number of benzene rings is 1. The van der Waals surface area contributed by atoms with Gasteiger partial charge < -0.3 is 10.6 Å². The third-order valence-corrected chi connectivity index (χ3v) is 7.85. The molecule has 27 heavy (non-hydrogen) atoms. The van der Waals surface area contributed by atoms with E-state index in [1.165, 1.54) is 17.1 Å². The Morgan fingerprint density at radius 3 is 2.37 bits per heavy atom. The largest absolute Gasteiger partial charge is 0.352 e. The van der Waals surface area contributed by atoms with Crippen LogP contribution in [0, 0.1) is 0 Å². The molecule has 1 aromatic carbocycles. The maximum absolute atomic E-state index is 13.0. The fraction of sp³-hybridized carbons (Fsp3) is 0.632. The highest BCUT2D eigenvalue weighted by atomic mass is 35.5. The van der Waals surface area contributed by atoms with Gasteiger partial charge in [-0.2, -0.15) is 4.31 Å². The van der Waals surface area contributed by atoms with Crippen LogP contribution in [-0.2, 0) is 14.8 Å². The number of nitrogens with one attached hydrogen (secondary N) is 2. The molecule has 3 heterocycles. The summed E-state index contributed by atoms with van der Waals surface area (Å²) in [5, 5.41) is 6.73. The second-order valence-corrected chi connectivity index (χ2v) is 9.65. The van der Waals surface area contributed by atoms with Gasteiger partial charge in [-0.15, -0.1) is 12.4 Å². The zero-order valence-corrected chi connectivity index (χ0v) is 17.0. The lowest BCUT2D eigenvalue weighted by Crippen LogP contribution is -2.56. The lowest BCUT2D eigenvalue weighted by Gasteiger charge is -2.36. The Kier molecular flexibility index (Phi) is 6.46. The molecule has 0 aromatic heterocycles. The van der Waals surface area contributed by atoms with Gasteiger partial charge in [0.1, 0.15) is 6.04 Å². The van der Waals surface area contributed by atoms with Crippen LogP contribution < -0.4 is 10.6 Å². The van der Waals surface area contributed by atoms with Gasteiger partial charge in [-0.25, -0.2) is 8.42 Å². The van der Waals surface area contributed by atoms with E-state index in [4.69, 9.17) is 0 Å². The number of nitrogens with zero attached hydrogens (tertiary/aromatic N) is 1. The van der Waals surface area contributed by atoms with Gasteiger partial charge in [0, 0.05) is 24.7 Å². The average molecular weight is 414 g/mol. The summed E-state index contributed by atoms with van der Waals surface area (Å²) in [5.74, 6) is -0.129. The minimum atomic E-state index is -3.65. The van der Waals surface area contributed by atoms with Gasteiger partial charge in [0.05, 0.1) is 4.90 Å². The van der Waals surface area contributed by atoms with Gasteiger partial charge in [0.15, 0.2) is 0 Å². The molecule has 8 heteroatoms. The van der Waals surface area contributed by atoms with Crippen molar-refractivity contribution < 1.29 is 13.2 Å². The van der Waals surface area contributed by atoms with Gasteiger partial charge in [0.2, 0.25) is 15.9 Å². The van der Waals surface area contributed by atoms with E-state index in [9.17, 15) is 13.2 Å². The predicted molar refractivity (Wildman–Crippen MR) is 106 cm³/mol. The first-order valence-electron chi connectivity index (χ1n) is 9.67. The average Bonchev–Trinajstić information content (AvgIpc) is 3.00. The summed E-state index contributed by atoms with van der Waals surface area (Å²) in [4.78, 5) is 13.2. The van der Waals surface area contributed by atoms with Crippen LogP contribution in [0.15, 0.2) is 35.2 Å². The van der Waals surface area contributed by atoms with Gasteiger partial charge in [-0.05, 0) is 50.7 Å². The van der Waals surface area contributed by atoms with Gasteiger partial charge in [0.25, 0.3) is 0 Å². The van der Waals surface area contributed by atoms with Crippen molar-refractivity contribution >= 4 is 28.3 Å². The SMILES string of the molecule is Cl.O=C(NC1CC2CCC(C1)N2)C1CCCCN1S(=O)(=O)c1ccccc1.